The molecule has 0 atom stereocenters. The molecule has 17 heavy (non-hydrogen) atoms. The third kappa shape index (κ3) is 4.13. The summed E-state index contributed by atoms with van der Waals surface area (Å²) < 4.78 is 0. The van der Waals surface area contributed by atoms with E-state index < -0.39 is 0 Å². The van der Waals surface area contributed by atoms with Gasteiger partial charge in [0.15, 0.2) is 0 Å². The van der Waals surface area contributed by atoms with Gasteiger partial charge < -0.3 is 0 Å². The van der Waals surface area contributed by atoms with E-state index in [-0.39, 0.29) is 0 Å². The first-order valence-electron chi connectivity index (χ1n) is 6.29. The minimum Gasteiger partial charge on any atom is -0.299 e. The Bertz CT molecular complexity index is 360. The van der Waals surface area contributed by atoms with Crippen LogP contribution in [0.15, 0.2) is 12.1 Å². The van der Waals surface area contributed by atoms with Gasteiger partial charge in [0.2, 0.25) is 0 Å². The molecule has 0 aromatic carbocycles. The Hall–Kier alpha value is -0.310. The Morgan fingerprint density at radius 3 is 2.29 bits per heavy atom. The predicted octanol–water partition coefficient (Wildman–Crippen LogP) is 4.15. The molecule has 1 aliphatic rings. The fraction of sp³-hybridized carbons (Fsp3) is 0.615. The first kappa shape index (κ1) is 13.1. The van der Waals surface area contributed by atoms with E-state index in [2.05, 4.69) is 9.88 Å². The van der Waals surface area contributed by atoms with Gasteiger partial charge in [-0.15, -0.1) is 0 Å². The minimum atomic E-state index is 0.464. The fourth-order valence-electron chi connectivity index (χ4n) is 2.27. The number of likely N-dealkylation sites (tertiary alicyclic amines) is 1. The number of hydrogen-bond acceptors (Lipinski definition) is 2. The standard InChI is InChI=1S/C13H18Cl2N2/c14-12-7-6-11(13(15)16-12)10-17-8-4-2-1-3-5-9-17/h6-7H,1-5,8-10H2. The van der Waals surface area contributed by atoms with E-state index in [1.165, 1.54) is 45.2 Å². The normalized spacial score (nSPS) is 18.7. The van der Waals surface area contributed by atoms with Crippen LogP contribution in [0, 0.1) is 0 Å². The molecule has 1 saturated heterocycles. The van der Waals surface area contributed by atoms with E-state index in [1.807, 2.05) is 12.1 Å². The van der Waals surface area contributed by atoms with E-state index in [1.54, 1.807) is 0 Å². The maximum Gasteiger partial charge on any atom is 0.135 e. The lowest BCUT2D eigenvalue weighted by atomic mass is 10.1. The molecule has 2 nitrogen and oxygen atoms in total. The first-order chi connectivity index (χ1) is 8.25. The van der Waals surface area contributed by atoms with Crippen LogP contribution in [-0.2, 0) is 6.54 Å². The van der Waals surface area contributed by atoms with Gasteiger partial charge in [0.1, 0.15) is 10.3 Å². The molecule has 1 aromatic rings. The summed E-state index contributed by atoms with van der Waals surface area (Å²) in [5.74, 6) is 0. The third-order valence-electron chi connectivity index (χ3n) is 3.23. The summed E-state index contributed by atoms with van der Waals surface area (Å²) in [6.45, 7) is 3.22. The van der Waals surface area contributed by atoms with E-state index in [0.29, 0.717) is 10.3 Å². The van der Waals surface area contributed by atoms with Crippen molar-refractivity contribution in [2.45, 2.75) is 38.6 Å². The van der Waals surface area contributed by atoms with Crippen LogP contribution in [0.5, 0.6) is 0 Å². The summed E-state index contributed by atoms with van der Waals surface area (Å²) in [5.41, 5.74) is 1.08. The lowest BCUT2D eigenvalue weighted by molar-refractivity contribution is 0.239. The van der Waals surface area contributed by atoms with Crippen molar-refractivity contribution < 1.29 is 0 Å². The average Bonchev–Trinajstić information content (AvgIpc) is 2.25. The van der Waals surface area contributed by atoms with Gasteiger partial charge in [0.25, 0.3) is 0 Å². The molecule has 94 valence electrons. The van der Waals surface area contributed by atoms with Crippen molar-refractivity contribution >= 4 is 23.2 Å². The Morgan fingerprint density at radius 1 is 1.00 bits per heavy atom. The van der Waals surface area contributed by atoms with Crippen molar-refractivity contribution in [3.05, 3.63) is 28.0 Å². The Labute approximate surface area is 113 Å². The van der Waals surface area contributed by atoms with Gasteiger partial charge in [-0.25, -0.2) is 4.98 Å². The molecular formula is C13H18Cl2N2. The minimum absolute atomic E-state index is 0.464. The molecule has 1 aromatic heterocycles. The molecule has 1 fully saturated rings. The summed E-state index contributed by atoms with van der Waals surface area (Å²) in [5, 5.41) is 1.01. The van der Waals surface area contributed by atoms with Crippen molar-refractivity contribution in [3.63, 3.8) is 0 Å². The van der Waals surface area contributed by atoms with E-state index >= 15 is 0 Å². The number of rotatable bonds is 2. The topological polar surface area (TPSA) is 16.1 Å². The molecular weight excluding hydrogens is 255 g/mol. The lowest BCUT2D eigenvalue weighted by Crippen LogP contribution is -2.27. The summed E-state index contributed by atoms with van der Waals surface area (Å²) in [6.07, 6.45) is 6.67. The largest absolute Gasteiger partial charge is 0.299 e. The van der Waals surface area contributed by atoms with E-state index in [0.717, 1.165) is 12.1 Å². The second kappa shape index (κ2) is 6.58. The van der Waals surface area contributed by atoms with Gasteiger partial charge in [0, 0.05) is 12.1 Å². The SMILES string of the molecule is Clc1ccc(CN2CCCCCCC2)c(Cl)n1. The molecule has 0 amide bonds. The number of pyridine rings is 1. The molecule has 0 unspecified atom stereocenters. The Morgan fingerprint density at radius 2 is 1.65 bits per heavy atom. The summed E-state index contributed by atoms with van der Waals surface area (Å²) in [6, 6.07) is 3.79. The Balaban J connectivity index is 1.98. The quantitative estimate of drug-likeness (QED) is 0.752. The zero-order chi connectivity index (χ0) is 12.1. The van der Waals surface area contributed by atoms with Crippen LogP contribution < -0.4 is 0 Å². The fourth-order valence-corrected chi connectivity index (χ4v) is 2.68. The van der Waals surface area contributed by atoms with Crippen molar-refractivity contribution in [1.82, 2.24) is 9.88 Å². The summed E-state index contributed by atoms with van der Waals surface area (Å²) in [4.78, 5) is 6.55. The highest BCUT2D eigenvalue weighted by Crippen LogP contribution is 2.20. The van der Waals surface area contributed by atoms with Gasteiger partial charge in [0.05, 0.1) is 0 Å². The number of aromatic nitrogens is 1. The first-order valence-corrected chi connectivity index (χ1v) is 7.04. The molecule has 0 N–H and O–H groups in total. The maximum absolute atomic E-state index is 6.10. The van der Waals surface area contributed by atoms with E-state index in [9.17, 15) is 0 Å². The Kier molecular flexibility index (Phi) is 5.08. The molecule has 0 saturated carbocycles. The van der Waals surface area contributed by atoms with Crippen molar-refractivity contribution in [2.24, 2.45) is 0 Å². The molecule has 0 radical (unpaired) electrons. The highest BCUT2D eigenvalue weighted by Gasteiger charge is 2.11. The summed E-state index contributed by atoms with van der Waals surface area (Å²) in [7, 11) is 0. The van der Waals surface area contributed by atoms with Crippen LogP contribution in [0.1, 0.15) is 37.7 Å². The molecule has 1 aliphatic heterocycles. The van der Waals surface area contributed by atoms with Gasteiger partial charge in [-0.3, -0.25) is 4.90 Å². The molecule has 0 bridgehead atoms. The number of halogens is 2. The van der Waals surface area contributed by atoms with Gasteiger partial charge >= 0.3 is 0 Å². The molecule has 2 rings (SSSR count). The van der Waals surface area contributed by atoms with Crippen LogP contribution in [0.2, 0.25) is 10.3 Å². The van der Waals surface area contributed by atoms with Gasteiger partial charge in [-0.05, 0) is 32.0 Å². The average molecular weight is 273 g/mol. The van der Waals surface area contributed by atoms with E-state index in [4.69, 9.17) is 23.2 Å². The highest BCUT2D eigenvalue weighted by atomic mass is 35.5. The van der Waals surface area contributed by atoms with Gasteiger partial charge in [-0.2, -0.15) is 0 Å². The third-order valence-corrected chi connectivity index (χ3v) is 3.77. The molecule has 0 aliphatic carbocycles. The lowest BCUT2D eigenvalue weighted by Gasteiger charge is -2.24. The summed E-state index contributed by atoms with van der Waals surface area (Å²) >= 11 is 11.9. The van der Waals surface area contributed by atoms with Crippen LogP contribution in [-0.4, -0.2) is 23.0 Å². The zero-order valence-electron chi connectivity index (χ0n) is 9.96. The smallest absolute Gasteiger partial charge is 0.135 e. The number of hydrogen-bond donors (Lipinski definition) is 0. The maximum atomic E-state index is 6.10. The van der Waals surface area contributed by atoms with Crippen molar-refractivity contribution in [1.29, 1.82) is 0 Å². The monoisotopic (exact) mass is 272 g/mol. The molecule has 4 heteroatoms. The second-order valence-electron chi connectivity index (χ2n) is 4.63. The van der Waals surface area contributed by atoms with Crippen LogP contribution in [0.3, 0.4) is 0 Å². The number of nitrogens with zero attached hydrogens (tertiary/aromatic N) is 2. The predicted molar refractivity (Wildman–Crippen MR) is 72.6 cm³/mol. The van der Waals surface area contributed by atoms with Crippen LogP contribution in [0.4, 0.5) is 0 Å². The molecule has 2 heterocycles. The van der Waals surface area contributed by atoms with Crippen LogP contribution in [0.25, 0.3) is 0 Å². The second-order valence-corrected chi connectivity index (χ2v) is 5.37. The van der Waals surface area contributed by atoms with Crippen LogP contribution >= 0.6 is 23.2 Å². The van der Waals surface area contributed by atoms with Gasteiger partial charge in [-0.1, -0.05) is 48.5 Å². The highest BCUT2D eigenvalue weighted by molar-refractivity contribution is 6.32. The van der Waals surface area contributed by atoms with Crippen molar-refractivity contribution in [2.75, 3.05) is 13.1 Å². The molecule has 0 spiro atoms. The van der Waals surface area contributed by atoms with Crippen molar-refractivity contribution in [3.8, 4) is 0 Å². The zero-order valence-corrected chi connectivity index (χ0v) is 11.5.